The van der Waals surface area contributed by atoms with Gasteiger partial charge in [0.1, 0.15) is 0 Å². The Balaban J connectivity index is 4.54. The lowest BCUT2D eigenvalue weighted by molar-refractivity contribution is -0.144. The van der Waals surface area contributed by atoms with Crippen molar-refractivity contribution in [3.8, 4) is 0 Å². The third-order valence-electron chi connectivity index (χ3n) is 1.78. The van der Waals surface area contributed by atoms with Gasteiger partial charge in [-0.1, -0.05) is 24.6 Å². The first-order valence-corrected chi connectivity index (χ1v) is 5.41. The number of alkyl halides is 1. The van der Waals surface area contributed by atoms with Gasteiger partial charge in [0, 0.05) is 10.4 Å². The SMILES string of the molecule is CC/C=C(/Cl)C(CC(C)Cl)C(=O)OC. The molecule has 0 bridgehead atoms. The highest BCUT2D eigenvalue weighted by Gasteiger charge is 2.23. The van der Waals surface area contributed by atoms with Gasteiger partial charge < -0.3 is 4.74 Å². The highest BCUT2D eigenvalue weighted by atomic mass is 35.5. The molecule has 0 radical (unpaired) electrons. The van der Waals surface area contributed by atoms with Gasteiger partial charge in [0.25, 0.3) is 0 Å². The molecule has 0 amide bonds. The first-order valence-electron chi connectivity index (χ1n) is 4.60. The zero-order valence-corrected chi connectivity index (χ0v) is 10.2. The third-order valence-corrected chi connectivity index (χ3v) is 2.37. The number of carbonyl (C=O) groups excluding carboxylic acids is 1. The van der Waals surface area contributed by atoms with Gasteiger partial charge in [-0.2, -0.15) is 0 Å². The van der Waals surface area contributed by atoms with E-state index < -0.39 is 5.92 Å². The standard InChI is InChI=1S/C10H16Cl2O2/c1-4-5-9(12)8(6-7(2)11)10(13)14-3/h5,7-8H,4,6H2,1-3H3/b9-5+. The number of ether oxygens (including phenoxy) is 1. The molecule has 0 aromatic rings. The van der Waals surface area contributed by atoms with Gasteiger partial charge in [-0.15, -0.1) is 11.6 Å². The quantitative estimate of drug-likeness (QED) is 0.543. The molecule has 0 saturated carbocycles. The molecule has 2 nitrogen and oxygen atoms in total. The van der Waals surface area contributed by atoms with Crippen molar-refractivity contribution in [2.75, 3.05) is 7.11 Å². The summed E-state index contributed by atoms with van der Waals surface area (Å²) in [7, 11) is 1.35. The molecule has 0 heterocycles. The summed E-state index contributed by atoms with van der Waals surface area (Å²) in [6.07, 6.45) is 3.11. The van der Waals surface area contributed by atoms with Gasteiger partial charge in [0.2, 0.25) is 0 Å². The van der Waals surface area contributed by atoms with E-state index in [1.54, 1.807) is 0 Å². The Morgan fingerprint density at radius 2 is 2.14 bits per heavy atom. The Morgan fingerprint density at radius 3 is 2.50 bits per heavy atom. The van der Waals surface area contributed by atoms with Crippen LogP contribution in [0.2, 0.25) is 0 Å². The summed E-state index contributed by atoms with van der Waals surface area (Å²) >= 11 is 11.8. The van der Waals surface area contributed by atoms with Crippen LogP contribution in [0.5, 0.6) is 0 Å². The van der Waals surface area contributed by atoms with Crippen molar-refractivity contribution in [2.45, 2.75) is 32.1 Å². The summed E-state index contributed by atoms with van der Waals surface area (Å²) in [5.41, 5.74) is 0. The summed E-state index contributed by atoms with van der Waals surface area (Å²) in [5, 5.41) is 0.421. The molecule has 0 aliphatic heterocycles. The van der Waals surface area contributed by atoms with Crippen molar-refractivity contribution in [3.05, 3.63) is 11.1 Å². The molecule has 0 spiro atoms. The van der Waals surface area contributed by atoms with Crippen molar-refractivity contribution >= 4 is 29.2 Å². The number of esters is 1. The van der Waals surface area contributed by atoms with Gasteiger partial charge in [-0.3, -0.25) is 4.79 Å². The van der Waals surface area contributed by atoms with Gasteiger partial charge in [0.05, 0.1) is 13.0 Å². The summed E-state index contributed by atoms with van der Waals surface area (Å²) in [4.78, 5) is 11.4. The largest absolute Gasteiger partial charge is 0.469 e. The van der Waals surface area contributed by atoms with E-state index in [0.717, 1.165) is 6.42 Å². The Hall–Kier alpha value is -0.210. The predicted octanol–water partition coefficient (Wildman–Crippen LogP) is 3.33. The van der Waals surface area contributed by atoms with Crippen molar-refractivity contribution in [1.82, 2.24) is 0 Å². The van der Waals surface area contributed by atoms with Crippen molar-refractivity contribution in [2.24, 2.45) is 5.92 Å². The minimum absolute atomic E-state index is 0.0990. The lowest BCUT2D eigenvalue weighted by atomic mass is 10.0. The number of hydrogen-bond acceptors (Lipinski definition) is 2. The molecule has 0 fully saturated rings. The second kappa shape index (κ2) is 7.13. The maximum absolute atomic E-state index is 11.4. The smallest absolute Gasteiger partial charge is 0.314 e. The molecule has 0 aliphatic rings. The molecular formula is C10H16Cl2O2. The predicted molar refractivity (Wildman–Crippen MR) is 59.7 cm³/mol. The van der Waals surface area contributed by atoms with Crippen LogP contribution in [0.1, 0.15) is 26.7 Å². The first-order chi connectivity index (χ1) is 6.52. The Bertz CT molecular complexity index is 212. The Kier molecular flexibility index (Phi) is 7.02. The number of allylic oxidation sites excluding steroid dienone is 1. The molecule has 2 unspecified atom stereocenters. The molecule has 82 valence electrons. The van der Waals surface area contributed by atoms with Crippen molar-refractivity contribution < 1.29 is 9.53 Å². The van der Waals surface area contributed by atoms with E-state index in [2.05, 4.69) is 4.74 Å². The van der Waals surface area contributed by atoms with Crippen LogP contribution in [0.3, 0.4) is 0 Å². The molecule has 14 heavy (non-hydrogen) atoms. The van der Waals surface area contributed by atoms with Gasteiger partial charge in [-0.25, -0.2) is 0 Å². The molecular weight excluding hydrogens is 223 g/mol. The number of carbonyl (C=O) groups is 1. The van der Waals surface area contributed by atoms with E-state index in [1.165, 1.54) is 7.11 Å². The second-order valence-electron chi connectivity index (χ2n) is 3.09. The normalized spacial score (nSPS) is 16.2. The van der Waals surface area contributed by atoms with E-state index >= 15 is 0 Å². The maximum atomic E-state index is 11.4. The monoisotopic (exact) mass is 238 g/mol. The Morgan fingerprint density at radius 1 is 1.57 bits per heavy atom. The average Bonchev–Trinajstić information content (AvgIpc) is 2.13. The van der Waals surface area contributed by atoms with E-state index in [1.807, 2.05) is 19.9 Å². The van der Waals surface area contributed by atoms with Crippen LogP contribution in [-0.4, -0.2) is 18.5 Å². The lowest BCUT2D eigenvalue weighted by Crippen LogP contribution is -2.19. The maximum Gasteiger partial charge on any atom is 0.314 e. The molecule has 0 N–H and O–H groups in total. The Labute approximate surface area is 95.2 Å². The molecule has 0 aromatic carbocycles. The van der Waals surface area contributed by atoms with E-state index in [0.29, 0.717) is 11.5 Å². The summed E-state index contributed by atoms with van der Waals surface area (Å²) in [6, 6.07) is 0. The zero-order chi connectivity index (χ0) is 11.1. The summed E-state index contributed by atoms with van der Waals surface area (Å²) < 4.78 is 4.66. The van der Waals surface area contributed by atoms with Crippen LogP contribution in [0.15, 0.2) is 11.1 Å². The zero-order valence-electron chi connectivity index (χ0n) is 8.72. The van der Waals surface area contributed by atoms with E-state index in [4.69, 9.17) is 23.2 Å². The van der Waals surface area contributed by atoms with Crippen LogP contribution in [0.25, 0.3) is 0 Å². The average molecular weight is 239 g/mol. The van der Waals surface area contributed by atoms with E-state index in [9.17, 15) is 4.79 Å². The molecule has 0 saturated heterocycles. The molecule has 2 atom stereocenters. The number of hydrogen-bond donors (Lipinski definition) is 0. The first kappa shape index (κ1) is 13.8. The van der Waals surface area contributed by atoms with Crippen molar-refractivity contribution in [3.63, 3.8) is 0 Å². The van der Waals surface area contributed by atoms with Crippen LogP contribution in [-0.2, 0) is 9.53 Å². The second-order valence-corrected chi connectivity index (χ2v) is 4.27. The summed E-state index contributed by atoms with van der Waals surface area (Å²) in [5.74, 6) is -0.749. The fourth-order valence-corrected chi connectivity index (χ4v) is 1.64. The molecule has 0 rings (SSSR count). The number of halogens is 2. The molecule has 0 aliphatic carbocycles. The molecule has 4 heteroatoms. The fourth-order valence-electron chi connectivity index (χ4n) is 1.13. The fraction of sp³-hybridized carbons (Fsp3) is 0.700. The topological polar surface area (TPSA) is 26.3 Å². The van der Waals surface area contributed by atoms with E-state index in [-0.39, 0.29) is 11.3 Å². The van der Waals surface area contributed by atoms with Crippen LogP contribution < -0.4 is 0 Å². The number of methoxy groups -OCH3 is 1. The van der Waals surface area contributed by atoms with Crippen LogP contribution in [0.4, 0.5) is 0 Å². The van der Waals surface area contributed by atoms with Crippen LogP contribution >= 0.6 is 23.2 Å². The minimum atomic E-state index is -0.422. The third kappa shape index (κ3) is 4.87. The molecule has 0 aromatic heterocycles. The van der Waals surface area contributed by atoms with Crippen molar-refractivity contribution in [1.29, 1.82) is 0 Å². The van der Waals surface area contributed by atoms with Gasteiger partial charge >= 0.3 is 5.97 Å². The highest BCUT2D eigenvalue weighted by Crippen LogP contribution is 2.24. The van der Waals surface area contributed by atoms with Gasteiger partial charge in [-0.05, 0) is 19.8 Å². The number of rotatable bonds is 5. The van der Waals surface area contributed by atoms with Gasteiger partial charge in [0.15, 0.2) is 0 Å². The minimum Gasteiger partial charge on any atom is -0.469 e. The van der Waals surface area contributed by atoms with Crippen LogP contribution in [0, 0.1) is 5.92 Å². The lowest BCUT2D eigenvalue weighted by Gasteiger charge is -2.14. The summed E-state index contributed by atoms with van der Waals surface area (Å²) in [6.45, 7) is 3.79. The highest BCUT2D eigenvalue weighted by molar-refractivity contribution is 6.31.